The maximum absolute atomic E-state index is 12.7. The molecular formula is C19H21N5O3S. The van der Waals surface area contributed by atoms with Crippen LogP contribution in [0.25, 0.3) is 0 Å². The van der Waals surface area contributed by atoms with E-state index in [9.17, 15) is 4.79 Å². The Labute approximate surface area is 166 Å². The smallest absolute Gasteiger partial charge is 0.216 e. The number of aryl methyl sites for hydroxylation is 1. The number of nitrogen functional groups attached to an aromatic ring is 1. The molecule has 0 saturated heterocycles. The Morgan fingerprint density at radius 3 is 2.89 bits per heavy atom. The molecule has 2 aromatic heterocycles. The summed E-state index contributed by atoms with van der Waals surface area (Å²) in [5.74, 6) is 2.03. The second-order valence-electron chi connectivity index (χ2n) is 6.61. The number of hydrogen-bond donors (Lipinski definition) is 2. The third-order valence-corrected chi connectivity index (χ3v) is 5.49. The minimum atomic E-state index is -0.117. The normalized spacial score (nSPS) is 15.6. The standard InChI is InChI=1S/C19H21N5O3S/c1-11-7-14(15(25)10-28-19-21-18(20)22-23-19)12(2)24(11)8-13-9-26-16-5-3-4-6-17(16)27-13/h3-7,13H,8-10H2,1-2H3,(H3,20,21,22,23). The van der Waals surface area contributed by atoms with Crippen molar-refractivity contribution in [3.05, 3.63) is 47.3 Å². The van der Waals surface area contributed by atoms with Crippen molar-refractivity contribution in [2.24, 2.45) is 0 Å². The summed E-state index contributed by atoms with van der Waals surface area (Å²) in [5, 5.41) is 6.96. The Hall–Kier alpha value is -2.94. The van der Waals surface area contributed by atoms with Gasteiger partial charge in [-0.3, -0.25) is 4.79 Å². The van der Waals surface area contributed by atoms with Crippen molar-refractivity contribution in [2.75, 3.05) is 18.1 Å². The highest BCUT2D eigenvalue weighted by molar-refractivity contribution is 7.99. The van der Waals surface area contributed by atoms with E-state index < -0.39 is 0 Å². The quantitative estimate of drug-likeness (QED) is 0.484. The fourth-order valence-electron chi connectivity index (χ4n) is 3.25. The number of para-hydroxylation sites is 2. The SMILES string of the molecule is Cc1cc(C(=O)CSc2n[nH]c(N)n2)c(C)n1CC1COc2ccccc2O1. The highest BCUT2D eigenvalue weighted by atomic mass is 32.2. The third kappa shape index (κ3) is 3.70. The minimum absolute atomic E-state index is 0.0267. The van der Waals surface area contributed by atoms with Crippen LogP contribution in [0.2, 0.25) is 0 Å². The summed E-state index contributed by atoms with van der Waals surface area (Å²) in [6.45, 7) is 5.03. The number of nitrogens with zero attached hydrogens (tertiary/aromatic N) is 3. The van der Waals surface area contributed by atoms with Gasteiger partial charge in [0.15, 0.2) is 23.4 Å². The molecule has 0 aliphatic carbocycles. The molecule has 3 heterocycles. The highest BCUT2D eigenvalue weighted by Crippen LogP contribution is 2.31. The molecule has 146 valence electrons. The topological polar surface area (TPSA) is 108 Å². The van der Waals surface area contributed by atoms with Crippen LogP contribution < -0.4 is 15.2 Å². The average molecular weight is 399 g/mol. The molecule has 9 heteroatoms. The number of aromatic amines is 1. The van der Waals surface area contributed by atoms with Gasteiger partial charge in [0, 0.05) is 17.0 Å². The fourth-order valence-corrected chi connectivity index (χ4v) is 3.94. The molecule has 1 aliphatic rings. The van der Waals surface area contributed by atoms with Crippen LogP contribution in [0.4, 0.5) is 5.95 Å². The van der Waals surface area contributed by atoms with Crippen LogP contribution in [-0.4, -0.2) is 44.0 Å². The van der Waals surface area contributed by atoms with Gasteiger partial charge in [0.1, 0.15) is 6.61 Å². The van der Waals surface area contributed by atoms with E-state index in [0.29, 0.717) is 23.9 Å². The lowest BCUT2D eigenvalue weighted by Gasteiger charge is -2.27. The lowest BCUT2D eigenvalue weighted by atomic mass is 10.2. The maximum Gasteiger partial charge on any atom is 0.216 e. The number of Topliss-reactive ketones (excluding diaryl/α,β-unsaturated/α-hetero) is 1. The number of aromatic nitrogens is 4. The van der Waals surface area contributed by atoms with Gasteiger partial charge in [-0.05, 0) is 32.0 Å². The molecule has 3 N–H and O–H groups in total. The van der Waals surface area contributed by atoms with Crippen molar-refractivity contribution < 1.29 is 14.3 Å². The molecule has 1 aliphatic heterocycles. The Bertz CT molecular complexity index is 1010. The molecule has 1 aromatic carbocycles. The number of nitrogens with two attached hydrogens (primary N) is 1. The van der Waals surface area contributed by atoms with Crippen molar-refractivity contribution in [1.82, 2.24) is 19.7 Å². The Morgan fingerprint density at radius 1 is 1.36 bits per heavy atom. The number of hydrogen-bond acceptors (Lipinski definition) is 7. The van der Waals surface area contributed by atoms with Crippen molar-refractivity contribution in [3.8, 4) is 11.5 Å². The van der Waals surface area contributed by atoms with Crippen molar-refractivity contribution >= 4 is 23.5 Å². The van der Waals surface area contributed by atoms with Gasteiger partial charge in [-0.15, -0.1) is 5.10 Å². The first kappa shape index (κ1) is 18.4. The molecule has 0 fully saturated rings. The maximum atomic E-state index is 12.7. The van der Waals surface area contributed by atoms with Crippen molar-refractivity contribution in [3.63, 3.8) is 0 Å². The molecule has 4 rings (SSSR count). The monoisotopic (exact) mass is 399 g/mol. The van der Waals surface area contributed by atoms with Gasteiger partial charge in [-0.1, -0.05) is 23.9 Å². The van der Waals surface area contributed by atoms with Crippen LogP contribution in [0.1, 0.15) is 21.7 Å². The number of ether oxygens (including phenoxy) is 2. The van der Waals surface area contributed by atoms with Crippen LogP contribution in [0.3, 0.4) is 0 Å². The van der Waals surface area contributed by atoms with Crippen molar-refractivity contribution in [2.45, 2.75) is 31.7 Å². The van der Waals surface area contributed by atoms with E-state index in [4.69, 9.17) is 15.2 Å². The lowest BCUT2D eigenvalue weighted by molar-refractivity contribution is 0.0777. The molecule has 0 spiro atoms. The Kier molecular flexibility index (Phi) is 4.99. The molecule has 0 bridgehead atoms. The zero-order valence-electron chi connectivity index (χ0n) is 15.6. The summed E-state index contributed by atoms with van der Waals surface area (Å²) >= 11 is 1.26. The summed E-state index contributed by atoms with van der Waals surface area (Å²) in [6, 6.07) is 9.56. The number of thioether (sulfide) groups is 1. The van der Waals surface area contributed by atoms with Gasteiger partial charge in [0.25, 0.3) is 0 Å². The summed E-state index contributed by atoms with van der Waals surface area (Å²) in [4.78, 5) is 16.7. The van der Waals surface area contributed by atoms with Crippen molar-refractivity contribution in [1.29, 1.82) is 0 Å². The number of benzene rings is 1. The lowest BCUT2D eigenvalue weighted by Crippen LogP contribution is -2.33. The van der Waals surface area contributed by atoms with Gasteiger partial charge in [-0.25, -0.2) is 5.10 Å². The first-order chi connectivity index (χ1) is 13.5. The Morgan fingerprint density at radius 2 is 2.14 bits per heavy atom. The second kappa shape index (κ2) is 7.59. The number of anilines is 1. The largest absolute Gasteiger partial charge is 0.486 e. The molecule has 1 unspecified atom stereocenters. The van der Waals surface area contributed by atoms with Gasteiger partial charge in [0.2, 0.25) is 11.1 Å². The predicted octanol–water partition coefficient (Wildman–Crippen LogP) is 2.62. The van der Waals surface area contributed by atoms with Gasteiger partial charge < -0.3 is 19.8 Å². The minimum Gasteiger partial charge on any atom is -0.486 e. The fraction of sp³-hybridized carbons (Fsp3) is 0.316. The van der Waals surface area contributed by atoms with Gasteiger partial charge in [-0.2, -0.15) is 4.98 Å². The van der Waals surface area contributed by atoms with E-state index >= 15 is 0 Å². The molecule has 3 aromatic rings. The zero-order valence-corrected chi connectivity index (χ0v) is 16.5. The number of nitrogens with one attached hydrogen (secondary N) is 1. The highest BCUT2D eigenvalue weighted by Gasteiger charge is 2.24. The first-order valence-corrected chi connectivity index (χ1v) is 9.89. The number of carbonyl (C=O) groups excluding carboxylic acids is 1. The van der Waals surface area contributed by atoms with Gasteiger partial charge >= 0.3 is 0 Å². The summed E-state index contributed by atoms with van der Waals surface area (Å²) in [7, 11) is 0. The van der Waals surface area contributed by atoms with E-state index in [1.807, 2.05) is 44.2 Å². The molecule has 8 nitrogen and oxygen atoms in total. The Balaban J connectivity index is 1.44. The van der Waals surface area contributed by atoms with E-state index in [-0.39, 0.29) is 23.6 Å². The number of H-pyrrole nitrogens is 1. The molecular weight excluding hydrogens is 378 g/mol. The molecule has 1 atom stereocenters. The zero-order chi connectivity index (χ0) is 19.7. The van der Waals surface area contributed by atoms with Crippen LogP contribution in [0.15, 0.2) is 35.5 Å². The second-order valence-corrected chi connectivity index (χ2v) is 7.55. The molecule has 0 saturated carbocycles. The van der Waals surface area contributed by atoms with E-state index in [1.54, 1.807) is 0 Å². The summed E-state index contributed by atoms with van der Waals surface area (Å²) in [6.07, 6.45) is -0.117. The van der Waals surface area contributed by atoms with Crippen LogP contribution in [0.5, 0.6) is 11.5 Å². The number of ketones is 1. The van der Waals surface area contributed by atoms with Crippen LogP contribution >= 0.6 is 11.8 Å². The number of fused-ring (bicyclic) bond motifs is 1. The molecule has 0 radical (unpaired) electrons. The third-order valence-electron chi connectivity index (χ3n) is 4.64. The predicted molar refractivity (Wildman–Crippen MR) is 106 cm³/mol. The van der Waals surface area contributed by atoms with Gasteiger partial charge in [0.05, 0.1) is 12.3 Å². The summed E-state index contributed by atoms with van der Waals surface area (Å²) < 4.78 is 14.0. The number of rotatable bonds is 6. The van der Waals surface area contributed by atoms with E-state index in [1.165, 1.54) is 11.8 Å². The van der Waals surface area contributed by atoms with Crippen LogP contribution in [0, 0.1) is 13.8 Å². The number of carbonyl (C=O) groups is 1. The van der Waals surface area contributed by atoms with E-state index in [0.717, 1.165) is 22.9 Å². The van der Waals surface area contributed by atoms with Crippen LogP contribution in [-0.2, 0) is 6.54 Å². The van der Waals surface area contributed by atoms with E-state index in [2.05, 4.69) is 19.7 Å². The molecule has 0 amide bonds. The average Bonchev–Trinajstić information content (AvgIpc) is 3.24. The summed E-state index contributed by atoms with van der Waals surface area (Å²) in [5.41, 5.74) is 8.14. The first-order valence-electron chi connectivity index (χ1n) is 8.90. The molecule has 28 heavy (non-hydrogen) atoms.